The summed E-state index contributed by atoms with van der Waals surface area (Å²) in [5.41, 5.74) is -2.11. The normalized spacial score (nSPS) is 53.1. The molecule has 0 bridgehead atoms. The number of aliphatic hydroxyl groups is 3. The molecule has 4 aliphatic carbocycles. The minimum absolute atomic E-state index is 0.00749. The molecule has 1 aliphatic heterocycles. The minimum Gasteiger partial charge on any atom is -0.458 e. The van der Waals surface area contributed by atoms with Crippen molar-refractivity contribution in [1.29, 1.82) is 0 Å². The number of hydrogen-bond donors (Lipinski definition) is 4. The highest BCUT2D eigenvalue weighted by molar-refractivity contribution is 5.85. The van der Waals surface area contributed by atoms with Crippen molar-refractivity contribution in [1.82, 2.24) is 0 Å². The van der Waals surface area contributed by atoms with Crippen LogP contribution in [0.5, 0.6) is 0 Å². The molecule has 4 N–H and O–H groups in total. The third-order valence-electron chi connectivity index (χ3n) is 9.93. The Morgan fingerprint density at radius 2 is 1.87 bits per heavy atom. The Bertz CT molecular complexity index is 812. The predicted molar refractivity (Wildman–Crippen MR) is 108 cm³/mol. The van der Waals surface area contributed by atoms with Crippen LogP contribution in [0.15, 0.2) is 16.8 Å². The summed E-state index contributed by atoms with van der Waals surface area (Å²) >= 11 is 0. The number of ether oxygens (including phenoxy) is 1. The van der Waals surface area contributed by atoms with Gasteiger partial charge < -0.3 is 25.3 Å². The van der Waals surface area contributed by atoms with E-state index in [1.165, 1.54) is 6.21 Å². The zero-order chi connectivity index (χ0) is 21.4. The first-order valence-corrected chi connectivity index (χ1v) is 11.4. The molecule has 0 saturated heterocycles. The molecular formula is C23H33NO6. The Labute approximate surface area is 176 Å². The van der Waals surface area contributed by atoms with Crippen LogP contribution in [0, 0.1) is 28.6 Å². The molecular weight excluding hydrogens is 386 g/mol. The van der Waals surface area contributed by atoms with Crippen molar-refractivity contribution in [3.8, 4) is 0 Å². The van der Waals surface area contributed by atoms with Crippen LogP contribution in [0.25, 0.3) is 0 Å². The Morgan fingerprint density at radius 3 is 2.57 bits per heavy atom. The molecule has 0 aromatic rings. The quantitative estimate of drug-likeness (QED) is 0.236. The second-order valence-corrected chi connectivity index (χ2v) is 10.8. The van der Waals surface area contributed by atoms with Gasteiger partial charge in [0.2, 0.25) is 0 Å². The number of aliphatic hydroxyl groups excluding tert-OH is 1. The summed E-state index contributed by atoms with van der Waals surface area (Å²) in [6.45, 7) is 2.48. The second kappa shape index (κ2) is 6.53. The SMILES string of the molecule is CC12CCC3C(CCC4(O)CC(O)CC[C@]34C=NO)C1(O)CCC2C1=CC(=O)OC1. The number of oxime groups is 1. The van der Waals surface area contributed by atoms with Crippen molar-refractivity contribution in [2.24, 2.45) is 33.7 Å². The van der Waals surface area contributed by atoms with Gasteiger partial charge in [0.25, 0.3) is 0 Å². The molecule has 7 nitrogen and oxygen atoms in total. The van der Waals surface area contributed by atoms with Crippen molar-refractivity contribution in [2.75, 3.05) is 6.61 Å². The fourth-order valence-electron chi connectivity index (χ4n) is 8.46. The molecule has 0 radical (unpaired) electrons. The molecule has 0 spiro atoms. The number of cyclic esters (lactones) is 1. The summed E-state index contributed by atoms with van der Waals surface area (Å²) in [4.78, 5) is 11.7. The number of carbonyl (C=O) groups excluding carboxylic acids is 1. The van der Waals surface area contributed by atoms with Gasteiger partial charge in [-0.3, -0.25) is 0 Å². The monoisotopic (exact) mass is 419 g/mol. The lowest BCUT2D eigenvalue weighted by Gasteiger charge is -2.65. The summed E-state index contributed by atoms with van der Waals surface area (Å²) < 4.78 is 5.17. The molecule has 0 amide bonds. The largest absolute Gasteiger partial charge is 0.458 e. The summed E-state index contributed by atoms with van der Waals surface area (Å²) in [6, 6.07) is 0. The molecule has 7 heteroatoms. The average molecular weight is 420 g/mol. The zero-order valence-electron chi connectivity index (χ0n) is 17.6. The topological polar surface area (TPSA) is 120 Å². The maximum atomic E-state index is 12.2. The Balaban J connectivity index is 1.53. The first-order chi connectivity index (χ1) is 14.2. The smallest absolute Gasteiger partial charge is 0.331 e. The van der Waals surface area contributed by atoms with E-state index >= 15 is 0 Å². The van der Waals surface area contributed by atoms with Gasteiger partial charge in [-0.2, -0.15) is 0 Å². The molecule has 166 valence electrons. The number of nitrogens with zero attached hydrogens (tertiary/aromatic N) is 1. The van der Waals surface area contributed by atoms with Crippen molar-refractivity contribution >= 4 is 12.2 Å². The molecule has 5 aliphatic rings. The van der Waals surface area contributed by atoms with Crippen LogP contribution in [0.1, 0.15) is 64.7 Å². The van der Waals surface area contributed by atoms with Gasteiger partial charge in [-0.05, 0) is 74.7 Å². The molecule has 7 unspecified atom stereocenters. The van der Waals surface area contributed by atoms with Crippen LogP contribution in [0.2, 0.25) is 0 Å². The van der Waals surface area contributed by atoms with Crippen LogP contribution in [0.3, 0.4) is 0 Å². The Hall–Kier alpha value is -1.44. The lowest BCUT2D eigenvalue weighted by atomic mass is 9.41. The van der Waals surface area contributed by atoms with Crippen molar-refractivity contribution in [3.63, 3.8) is 0 Å². The van der Waals surface area contributed by atoms with Crippen molar-refractivity contribution in [3.05, 3.63) is 11.6 Å². The van der Waals surface area contributed by atoms with Gasteiger partial charge in [0.1, 0.15) is 6.61 Å². The van der Waals surface area contributed by atoms with E-state index in [4.69, 9.17) is 4.74 Å². The molecule has 8 atom stereocenters. The Morgan fingerprint density at radius 1 is 1.10 bits per heavy atom. The van der Waals surface area contributed by atoms with Gasteiger partial charge in [0.05, 0.1) is 23.5 Å². The molecule has 30 heavy (non-hydrogen) atoms. The average Bonchev–Trinajstić information content (AvgIpc) is 3.23. The number of rotatable bonds is 2. The van der Waals surface area contributed by atoms with Gasteiger partial charge in [0.15, 0.2) is 0 Å². The van der Waals surface area contributed by atoms with E-state index < -0.39 is 22.7 Å². The lowest BCUT2D eigenvalue weighted by molar-refractivity contribution is -0.237. The van der Waals surface area contributed by atoms with Crippen LogP contribution in [-0.4, -0.2) is 56.6 Å². The number of hydrogen-bond acceptors (Lipinski definition) is 7. The maximum absolute atomic E-state index is 12.2. The van der Waals surface area contributed by atoms with E-state index in [0.29, 0.717) is 38.7 Å². The number of esters is 1. The van der Waals surface area contributed by atoms with Gasteiger partial charge >= 0.3 is 5.97 Å². The lowest BCUT2D eigenvalue weighted by Crippen LogP contribution is -2.68. The highest BCUT2D eigenvalue weighted by Crippen LogP contribution is 2.70. The predicted octanol–water partition coefficient (Wildman–Crippen LogP) is 2.16. The van der Waals surface area contributed by atoms with Gasteiger partial charge in [0, 0.05) is 23.3 Å². The van der Waals surface area contributed by atoms with Crippen molar-refractivity contribution < 1.29 is 30.1 Å². The second-order valence-electron chi connectivity index (χ2n) is 10.8. The molecule has 5 rings (SSSR count). The van der Waals surface area contributed by atoms with Gasteiger partial charge in [-0.1, -0.05) is 6.92 Å². The fourth-order valence-corrected chi connectivity index (χ4v) is 8.46. The van der Waals surface area contributed by atoms with E-state index in [1.807, 2.05) is 0 Å². The van der Waals surface area contributed by atoms with Crippen LogP contribution in [0.4, 0.5) is 0 Å². The van der Waals surface area contributed by atoms with Gasteiger partial charge in [-0.25, -0.2) is 4.79 Å². The molecule has 4 saturated carbocycles. The van der Waals surface area contributed by atoms with E-state index in [1.54, 1.807) is 6.08 Å². The molecule has 4 fully saturated rings. The molecule has 0 aromatic carbocycles. The fraction of sp³-hybridized carbons (Fsp3) is 0.826. The Kier molecular flexibility index (Phi) is 4.45. The first-order valence-electron chi connectivity index (χ1n) is 11.4. The maximum Gasteiger partial charge on any atom is 0.331 e. The van der Waals surface area contributed by atoms with E-state index in [0.717, 1.165) is 24.8 Å². The highest BCUT2D eigenvalue weighted by atomic mass is 16.5. The first kappa shape index (κ1) is 20.5. The third kappa shape index (κ3) is 2.43. The number of carbonyl (C=O) groups is 1. The summed E-state index contributed by atoms with van der Waals surface area (Å²) in [5.74, 6) is -0.203. The minimum atomic E-state index is -1.12. The van der Waals surface area contributed by atoms with Crippen LogP contribution >= 0.6 is 0 Å². The highest BCUT2D eigenvalue weighted by Gasteiger charge is 2.71. The van der Waals surface area contributed by atoms with Crippen molar-refractivity contribution in [2.45, 2.75) is 82.0 Å². The summed E-state index contributed by atoms with van der Waals surface area (Å²) in [6.07, 6.45) is 8.20. The van der Waals surface area contributed by atoms with E-state index in [9.17, 15) is 25.3 Å². The van der Waals surface area contributed by atoms with E-state index in [2.05, 4.69) is 12.1 Å². The molecule has 0 aromatic heterocycles. The number of fused-ring (bicyclic) bond motifs is 5. The molecule has 1 heterocycles. The third-order valence-corrected chi connectivity index (χ3v) is 9.93. The summed E-state index contributed by atoms with van der Waals surface area (Å²) in [5, 5.41) is 47.0. The van der Waals surface area contributed by atoms with E-state index in [-0.39, 0.29) is 35.6 Å². The zero-order valence-corrected chi connectivity index (χ0v) is 17.6. The van der Waals surface area contributed by atoms with Crippen LogP contribution < -0.4 is 0 Å². The summed E-state index contributed by atoms with van der Waals surface area (Å²) in [7, 11) is 0. The standard InChI is InChI=1S/C23H33NO6/c1-20-6-3-17-18(23(20,28)9-5-16(20)14-10-19(26)30-12-14)4-8-22(27)11-15(25)2-7-21(17,22)13-24-29/h10,13,15-18,25,27-29H,2-9,11-12H2,1H3/t15?,16?,17?,18?,20?,21-,22?,23?/m0/s1. The van der Waals surface area contributed by atoms with Gasteiger partial charge in [-0.15, -0.1) is 5.16 Å². The van der Waals surface area contributed by atoms with Crippen LogP contribution in [-0.2, 0) is 9.53 Å².